The fourth-order valence-corrected chi connectivity index (χ4v) is 3.95. The summed E-state index contributed by atoms with van der Waals surface area (Å²) in [6.07, 6.45) is 2.54. The van der Waals surface area contributed by atoms with Crippen molar-refractivity contribution in [3.63, 3.8) is 0 Å². The van der Waals surface area contributed by atoms with Crippen LogP contribution in [0, 0.1) is 12.3 Å². The molecule has 0 radical (unpaired) electrons. The van der Waals surface area contributed by atoms with E-state index in [1.807, 2.05) is 11.8 Å². The highest BCUT2D eigenvalue weighted by atomic mass is 32.2. The molecule has 0 spiro atoms. The van der Waals surface area contributed by atoms with Gasteiger partial charge in [-0.1, -0.05) is 31.0 Å². The van der Waals surface area contributed by atoms with Gasteiger partial charge >= 0.3 is 5.97 Å². The molecule has 1 N–H and O–H groups in total. The predicted octanol–water partition coefficient (Wildman–Crippen LogP) is 3.66. The first-order valence-corrected chi connectivity index (χ1v) is 8.69. The standard InChI is InChI=1S/C17H25NO2S/c1-3-8-17(16(19)20)9-10-18(13-17)11-12-21-15-6-4-14(2)5-7-15/h4-7H,3,8-13H2,1-2H3,(H,19,20). The topological polar surface area (TPSA) is 40.5 Å². The van der Waals surface area contributed by atoms with Crippen LogP contribution < -0.4 is 0 Å². The van der Waals surface area contributed by atoms with E-state index in [9.17, 15) is 9.90 Å². The SMILES string of the molecule is CCCC1(C(=O)O)CCN(CCSc2ccc(C)cc2)C1. The van der Waals surface area contributed by atoms with Gasteiger partial charge in [0.2, 0.25) is 0 Å². The zero-order chi connectivity index (χ0) is 15.3. The van der Waals surface area contributed by atoms with Crippen molar-refractivity contribution in [3.05, 3.63) is 29.8 Å². The molecule has 2 rings (SSSR count). The maximum atomic E-state index is 11.6. The molecule has 21 heavy (non-hydrogen) atoms. The molecule has 0 aromatic heterocycles. The van der Waals surface area contributed by atoms with Gasteiger partial charge in [0.15, 0.2) is 0 Å². The second-order valence-corrected chi connectivity index (χ2v) is 7.19. The number of likely N-dealkylation sites (tertiary alicyclic amines) is 1. The van der Waals surface area contributed by atoms with Gasteiger partial charge in [0.1, 0.15) is 0 Å². The van der Waals surface area contributed by atoms with Crippen LogP contribution in [0.5, 0.6) is 0 Å². The fraction of sp³-hybridized carbons (Fsp3) is 0.588. The van der Waals surface area contributed by atoms with Crippen molar-refractivity contribution in [2.24, 2.45) is 5.41 Å². The first-order valence-electron chi connectivity index (χ1n) is 7.71. The van der Waals surface area contributed by atoms with Crippen molar-refractivity contribution in [2.45, 2.75) is 38.0 Å². The minimum Gasteiger partial charge on any atom is -0.481 e. The molecule has 4 heteroatoms. The van der Waals surface area contributed by atoms with Gasteiger partial charge in [-0.2, -0.15) is 0 Å². The van der Waals surface area contributed by atoms with Gasteiger partial charge < -0.3 is 10.0 Å². The average molecular weight is 307 g/mol. The summed E-state index contributed by atoms with van der Waals surface area (Å²) in [6.45, 7) is 6.77. The summed E-state index contributed by atoms with van der Waals surface area (Å²) < 4.78 is 0. The summed E-state index contributed by atoms with van der Waals surface area (Å²) in [4.78, 5) is 15.2. The van der Waals surface area contributed by atoms with E-state index >= 15 is 0 Å². The highest BCUT2D eigenvalue weighted by molar-refractivity contribution is 7.99. The molecular weight excluding hydrogens is 282 g/mol. The van der Waals surface area contributed by atoms with E-state index in [1.54, 1.807) is 0 Å². The van der Waals surface area contributed by atoms with Crippen molar-refractivity contribution >= 4 is 17.7 Å². The van der Waals surface area contributed by atoms with Gasteiger partial charge in [-0.15, -0.1) is 11.8 Å². The van der Waals surface area contributed by atoms with Crippen LogP contribution in [-0.4, -0.2) is 41.4 Å². The summed E-state index contributed by atoms with van der Waals surface area (Å²) in [5.41, 5.74) is 0.785. The van der Waals surface area contributed by atoms with E-state index in [4.69, 9.17) is 0 Å². The lowest BCUT2D eigenvalue weighted by atomic mass is 9.83. The smallest absolute Gasteiger partial charge is 0.310 e. The molecule has 1 aromatic carbocycles. The molecule has 1 fully saturated rings. The number of benzene rings is 1. The number of rotatable bonds is 7. The quantitative estimate of drug-likeness (QED) is 0.780. The molecular formula is C17H25NO2S. The summed E-state index contributed by atoms with van der Waals surface area (Å²) in [7, 11) is 0. The maximum absolute atomic E-state index is 11.6. The summed E-state index contributed by atoms with van der Waals surface area (Å²) in [5, 5.41) is 9.51. The fourth-order valence-electron chi connectivity index (χ4n) is 3.04. The van der Waals surface area contributed by atoms with E-state index in [-0.39, 0.29) is 0 Å². The third-order valence-corrected chi connectivity index (χ3v) is 5.30. The maximum Gasteiger partial charge on any atom is 0.310 e. The van der Waals surface area contributed by atoms with Crippen molar-refractivity contribution in [1.29, 1.82) is 0 Å². The number of hydrogen-bond donors (Lipinski definition) is 1. The largest absolute Gasteiger partial charge is 0.481 e. The van der Waals surface area contributed by atoms with Crippen molar-refractivity contribution in [2.75, 3.05) is 25.4 Å². The van der Waals surface area contributed by atoms with Crippen LogP contribution >= 0.6 is 11.8 Å². The van der Waals surface area contributed by atoms with E-state index in [2.05, 4.69) is 43.0 Å². The van der Waals surface area contributed by atoms with E-state index in [0.717, 1.165) is 38.1 Å². The number of carbonyl (C=O) groups is 1. The number of carboxylic acid groups (broad SMARTS) is 1. The Morgan fingerprint density at radius 2 is 2.10 bits per heavy atom. The average Bonchev–Trinajstić information content (AvgIpc) is 2.86. The molecule has 1 aromatic rings. The Labute approximate surface area is 131 Å². The van der Waals surface area contributed by atoms with Crippen LogP contribution in [0.4, 0.5) is 0 Å². The Kier molecular flexibility index (Phi) is 5.71. The molecule has 0 aliphatic carbocycles. The molecule has 1 atom stereocenters. The molecule has 1 aliphatic heterocycles. The van der Waals surface area contributed by atoms with Gasteiger partial charge in [-0.3, -0.25) is 4.79 Å². The van der Waals surface area contributed by atoms with Gasteiger partial charge in [0, 0.05) is 23.7 Å². The number of hydrogen-bond acceptors (Lipinski definition) is 3. The second kappa shape index (κ2) is 7.32. The third kappa shape index (κ3) is 4.24. The van der Waals surface area contributed by atoms with Crippen LogP contribution in [0.2, 0.25) is 0 Å². The zero-order valence-electron chi connectivity index (χ0n) is 13.0. The molecule has 1 heterocycles. The second-order valence-electron chi connectivity index (χ2n) is 6.02. The number of aliphatic carboxylic acids is 1. The monoisotopic (exact) mass is 307 g/mol. The molecule has 1 unspecified atom stereocenters. The molecule has 0 saturated carbocycles. The van der Waals surface area contributed by atoms with Crippen LogP contribution in [-0.2, 0) is 4.79 Å². The van der Waals surface area contributed by atoms with Gasteiger partial charge in [0.05, 0.1) is 5.41 Å². The summed E-state index contributed by atoms with van der Waals surface area (Å²) >= 11 is 1.85. The van der Waals surface area contributed by atoms with E-state index in [0.29, 0.717) is 6.54 Å². The number of aryl methyl sites for hydroxylation is 1. The Morgan fingerprint density at radius 1 is 1.38 bits per heavy atom. The van der Waals surface area contributed by atoms with Gasteiger partial charge in [0.25, 0.3) is 0 Å². The molecule has 1 aliphatic rings. The lowest BCUT2D eigenvalue weighted by Gasteiger charge is -2.24. The minimum absolute atomic E-state index is 0.497. The molecule has 3 nitrogen and oxygen atoms in total. The Morgan fingerprint density at radius 3 is 2.71 bits per heavy atom. The van der Waals surface area contributed by atoms with Crippen molar-refractivity contribution in [1.82, 2.24) is 4.90 Å². The zero-order valence-corrected chi connectivity index (χ0v) is 13.8. The predicted molar refractivity (Wildman–Crippen MR) is 87.9 cm³/mol. The van der Waals surface area contributed by atoms with Gasteiger partial charge in [-0.25, -0.2) is 0 Å². The Bertz CT molecular complexity index is 474. The Balaban J connectivity index is 1.80. The third-order valence-electron chi connectivity index (χ3n) is 4.31. The minimum atomic E-state index is -0.613. The first kappa shape index (κ1) is 16.4. The van der Waals surface area contributed by atoms with Crippen LogP contribution in [0.15, 0.2) is 29.2 Å². The van der Waals surface area contributed by atoms with Crippen LogP contribution in [0.3, 0.4) is 0 Å². The Hall–Kier alpha value is -1.00. The molecule has 0 amide bonds. The number of nitrogens with zero attached hydrogens (tertiary/aromatic N) is 1. The highest BCUT2D eigenvalue weighted by Gasteiger charge is 2.43. The van der Waals surface area contributed by atoms with Crippen molar-refractivity contribution < 1.29 is 9.90 Å². The van der Waals surface area contributed by atoms with Crippen molar-refractivity contribution in [3.8, 4) is 0 Å². The van der Waals surface area contributed by atoms with Gasteiger partial charge in [-0.05, 0) is 38.4 Å². The number of thioether (sulfide) groups is 1. The molecule has 116 valence electrons. The highest BCUT2D eigenvalue weighted by Crippen LogP contribution is 2.35. The molecule has 0 bridgehead atoms. The molecule has 1 saturated heterocycles. The van der Waals surface area contributed by atoms with Crippen LogP contribution in [0.25, 0.3) is 0 Å². The summed E-state index contributed by atoms with van der Waals surface area (Å²) in [6, 6.07) is 8.58. The first-order chi connectivity index (χ1) is 10.1. The number of carboxylic acids is 1. The lowest BCUT2D eigenvalue weighted by molar-refractivity contribution is -0.148. The van der Waals surface area contributed by atoms with Crippen LogP contribution in [0.1, 0.15) is 31.7 Å². The van der Waals surface area contributed by atoms with E-state index in [1.165, 1.54) is 10.5 Å². The lowest BCUT2D eigenvalue weighted by Crippen LogP contribution is -2.35. The summed E-state index contributed by atoms with van der Waals surface area (Å²) in [5.74, 6) is 0.406. The van der Waals surface area contributed by atoms with E-state index < -0.39 is 11.4 Å². The normalized spacial score (nSPS) is 22.6.